The molecule has 1 aromatic carbocycles. The van der Waals surface area contributed by atoms with Crippen LogP contribution in [-0.2, 0) is 6.42 Å². The van der Waals surface area contributed by atoms with Crippen molar-refractivity contribution in [2.45, 2.75) is 6.42 Å². The molecule has 0 bridgehead atoms. The summed E-state index contributed by atoms with van der Waals surface area (Å²) in [5, 5.41) is 9.57. The van der Waals surface area contributed by atoms with Gasteiger partial charge in [0.1, 0.15) is 15.8 Å². The van der Waals surface area contributed by atoms with Gasteiger partial charge < -0.3 is 0 Å². The van der Waals surface area contributed by atoms with Crippen molar-refractivity contribution in [1.82, 2.24) is 10.2 Å². The molecule has 6 heteroatoms. The highest BCUT2D eigenvalue weighted by molar-refractivity contribution is 9.10. The Hall–Kier alpha value is -0.520. The zero-order valence-electron chi connectivity index (χ0n) is 8.08. The predicted molar refractivity (Wildman–Crippen MR) is 67.4 cm³/mol. The van der Waals surface area contributed by atoms with Crippen LogP contribution in [0.15, 0.2) is 22.7 Å². The van der Waals surface area contributed by atoms with Gasteiger partial charge in [-0.15, -0.1) is 21.8 Å². The van der Waals surface area contributed by atoms with E-state index in [4.69, 9.17) is 11.6 Å². The van der Waals surface area contributed by atoms with Gasteiger partial charge in [0.05, 0.1) is 4.47 Å². The molecule has 0 spiro atoms. The molecular weight excluding hydrogens is 315 g/mol. The van der Waals surface area contributed by atoms with E-state index >= 15 is 0 Å². The molecule has 0 radical (unpaired) electrons. The zero-order valence-corrected chi connectivity index (χ0v) is 11.2. The summed E-state index contributed by atoms with van der Waals surface area (Å²) in [6, 6.07) is 4.90. The minimum Gasteiger partial charge on any atom is -0.206 e. The molecule has 0 N–H and O–H groups in total. The average Bonchev–Trinajstić information content (AvgIpc) is 2.71. The van der Waals surface area contributed by atoms with E-state index in [9.17, 15) is 4.39 Å². The first-order chi connectivity index (χ1) is 7.70. The monoisotopic (exact) mass is 320 g/mol. The molecule has 2 rings (SSSR count). The van der Waals surface area contributed by atoms with Crippen molar-refractivity contribution in [1.29, 1.82) is 0 Å². The first kappa shape index (κ1) is 12.0. The van der Waals surface area contributed by atoms with Crippen molar-refractivity contribution in [3.63, 3.8) is 0 Å². The Morgan fingerprint density at radius 3 is 2.88 bits per heavy atom. The zero-order chi connectivity index (χ0) is 11.5. The fourth-order valence-electron chi connectivity index (χ4n) is 1.18. The molecule has 0 fully saturated rings. The number of hydrogen-bond acceptors (Lipinski definition) is 3. The molecule has 0 aliphatic carbocycles. The van der Waals surface area contributed by atoms with Crippen LogP contribution < -0.4 is 0 Å². The summed E-state index contributed by atoms with van der Waals surface area (Å²) in [6.45, 7) is 0. The first-order valence-electron chi connectivity index (χ1n) is 4.54. The maximum Gasteiger partial charge on any atom is 0.147 e. The Labute approximate surface area is 110 Å². The van der Waals surface area contributed by atoms with Crippen LogP contribution in [0.25, 0.3) is 10.6 Å². The summed E-state index contributed by atoms with van der Waals surface area (Å²) in [7, 11) is 0. The molecule has 0 saturated heterocycles. The summed E-state index contributed by atoms with van der Waals surface area (Å²) in [4.78, 5) is 0. The molecule has 2 nitrogen and oxygen atoms in total. The van der Waals surface area contributed by atoms with Crippen LogP contribution in [-0.4, -0.2) is 16.1 Å². The van der Waals surface area contributed by atoms with Gasteiger partial charge in [-0.1, -0.05) is 17.4 Å². The number of nitrogens with zero attached hydrogens (tertiary/aromatic N) is 2. The maximum atomic E-state index is 13.3. The lowest BCUT2D eigenvalue weighted by atomic mass is 10.2. The second kappa shape index (κ2) is 5.21. The highest BCUT2D eigenvalue weighted by Crippen LogP contribution is 2.27. The third kappa shape index (κ3) is 2.59. The van der Waals surface area contributed by atoms with E-state index < -0.39 is 0 Å². The van der Waals surface area contributed by atoms with Gasteiger partial charge in [-0.25, -0.2) is 4.39 Å². The summed E-state index contributed by atoms with van der Waals surface area (Å²) in [5.41, 5.74) is 0.735. The van der Waals surface area contributed by atoms with Gasteiger partial charge in [0.15, 0.2) is 0 Å². The second-order valence-electron chi connectivity index (χ2n) is 3.07. The Kier molecular flexibility index (Phi) is 3.89. The number of hydrogen-bond donors (Lipinski definition) is 0. The van der Waals surface area contributed by atoms with E-state index in [0.717, 1.165) is 10.6 Å². The largest absolute Gasteiger partial charge is 0.206 e. The summed E-state index contributed by atoms with van der Waals surface area (Å²) < 4.78 is 13.8. The van der Waals surface area contributed by atoms with Crippen LogP contribution in [0.5, 0.6) is 0 Å². The average molecular weight is 322 g/mol. The van der Waals surface area contributed by atoms with E-state index in [1.807, 2.05) is 0 Å². The van der Waals surface area contributed by atoms with Crippen molar-refractivity contribution in [3.8, 4) is 10.6 Å². The fraction of sp³-hybridized carbons (Fsp3) is 0.200. The highest BCUT2D eigenvalue weighted by Gasteiger charge is 2.08. The van der Waals surface area contributed by atoms with Crippen LogP contribution in [0.4, 0.5) is 4.39 Å². The van der Waals surface area contributed by atoms with Crippen molar-refractivity contribution in [2.24, 2.45) is 0 Å². The van der Waals surface area contributed by atoms with E-state index in [1.54, 1.807) is 12.1 Å². The fourth-order valence-corrected chi connectivity index (χ4v) is 2.55. The van der Waals surface area contributed by atoms with Crippen molar-refractivity contribution >= 4 is 38.9 Å². The molecule has 84 valence electrons. The van der Waals surface area contributed by atoms with Gasteiger partial charge in [0.2, 0.25) is 0 Å². The SMILES string of the molecule is Fc1cc(-c2nnc(CCCl)s2)ccc1Br. The third-order valence-corrected chi connectivity index (χ3v) is 3.81. The van der Waals surface area contributed by atoms with E-state index in [2.05, 4.69) is 26.1 Å². The summed E-state index contributed by atoms with van der Waals surface area (Å²) in [5.74, 6) is 0.218. The van der Waals surface area contributed by atoms with Gasteiger partial charge in [0.25, 0.3) is 0 Å². The summed E-state index contributed by atoms with van der Waals surface area (Å²) in [6.07, 6.45) is 0.693. The quantitative estimate of drug-likeness (QED) is 0.802. The van der Waals surface area contributed by atoms with Crippen LogP contribution in [0, 0.1) is 5.82 Å². The number of rotatable bonds is 3. The highest BCUT2D eigenvalue weighted by atomic mass is 79.9. The van der Waals surface area contributed by atoms with E-state index in [-0.39, 0.29) is 5.82 Å². The molecular formula is C10H7BrClFN2S. The number of aryl methyl sites for hydroxylation is 1. The molecule has 16 heavy (non-hydrogen) atoms. The molecule has 0 saturated carbocycles. The Balaban J connectivity index is 2.31. The Bertz CT molecular complexity index is 503. The molecule has 0 atom stereocenters. The van der Waals surface area contributed by atoms with Gasteiger partial charge in [-0.05, 0) is 28.1 Å². The minimum atomic E-state index is -0.299. The molecule has 1 heterocycles. The Morgan fingerprint density at radius 2 is 2.19 bits per heavy atom. The number of aromatic nitrogens is 2. The van der Waals surface area contributed by atoms with E-state index in [0.29, 0.717) is 21.8 Å². The summed E-state index contributed by atoms with van der Waals surface area (Å²) >= 11 is 10.2. The molecule has 0 unspecified atom stereocenters. The molecule has 1 aromatic heterocycles. The Morgan fingerprint density at radius 1 is 1.38 bits per heavy atom. The third-order valence-electron chi connectivity index (χ3n) is 1.94. The standard InChI is InChI=1S/C10H7BrClFN2S/c11-7-2-1-6(5-8(7)13)10-15-14-9(16-10)3-4-12/h1-2,5H,3-4H2. The van der Waals surface area contributed by atoms with Crippen LogP contribution >= 0.6 is 38.9 Å². The lowest BCUT2D eigenvalue weighted by Crippen LogP contribution is -1.83. The molecule has 0 aliphatic heterocycles. The normalized spacial score (nSPS) is 10.7. The number of benzene rings is 1. The van der Waals surface area contributed by atoms with E-state index in [1.165, 1.54) is 17.4 Å². The molecule has 0 aliphatic rings. The smallest absolute Gasteiger partial charge is 0.147 e. The first-order valence-corrected chi connectivity index (χ1v) is 6.69. The molecule has 2 aromatic rings. The van der Waals surface area contributed by atoms with Crippen LogP contribution in [0.1, 0.15) is 5.01 Å². The van der Waals surface area contributed by atoms with Crippen molar-refractivity contribution < 1.29 is 4.39 Å². The second-order valence-corrected chi connectivity index (χ2v) is 5.36. The van der Waals surface area contributed by atoms with Crippen LogP contribution in [0.2, 0.25) is 0 Å². The van der Waals surface area contributed by atoms with Gasteiger partial charge in [-0.3, -0.25) is 0 Å². The number of alkyl halides is 1. The van der Waals surface area contributed by atoms with Gasteiger partial charge in [-0.2, -0.15) is 0 Å². The lowest BCUT2D eigenvalue weighted by molar-refractivity contribution is 0.621. The van der Waals surface area contributed by atoms with Crippen molar-refractivity contribution in [3.05, 3.63) is 33.5 Å². The van der Waals surface area contributed by atoms with Crippen molar-refractivity contribution in [2.75, 3.05) is 5.88 Å². The minimum absolute atomic E-state index is 0.299. The predicted octanol–water partition coefficient (Wildman–Crippen LogP) is 3.89. The van der Waals surface area contributed by atoms with Crippen LogP contribution in [0.3, 0.4) is 0 Å². The van der Waals surface area contributed by atoms with Gasteiger partial charge >= 0.3 is 0 Å². The lowest BCUT2D eigenvalue weighted by Gasteiger charge is -1.97. The topological polar surface area (TPSA) is 25.8 Å². The maximum absolute atomic E-state index is 13.3. The number of halogens is 3. The molecule has 0 amide bonds. The van der Waals surface area contributed by atoms with Gasteiger partial charge in [0, 0.05) is 17.9 Å².